The van der Waals surface area contributed by atoms with E-state index in [-0.39, 0.29) is 28.9 Å². The van der Waals surface area contributed by atoms with Crippen LogP contribution < -0.4 is 15.4 Å². The maximum absolute atomic E-state index is 13.2. The van der Waals surface area contributed by atoms with E-state index in [0.29, 0.717) is 33.5 Å². The van der Waals surface area contributed by atoms with Gasteiger partial charge in [0.15, 0.2) is 0 Å². The lowest BCUT2D eigenvalue weighted by molar-refractivity contribution is -0.164. The summed E-state index contributed by atoms with van der Waals surface area (Å²) in [6.07, 6.45) is 3.65. The predicted octanol–water partition coefficient (Wildman–Crippen LogP) is 4.50. The van der Waals surface area contributed by atoms with Crippen LogP contribution in [0.2, 0.25) is 5.02 Å². The Kier molecular flexibility index (Phi) is 8.11. The normalized spacial score (nSPS) is 24.0. The first-order valence-corrected chi connectivity index (χ1v) is 14.5. The Hall–Kier alpha value is -3.10. The summed E-state index contributed by atoms with van der Waals surface area (Å²) in [5.41, 5.74) is 0.957. The van der Waals surface area contributed by atoms with Crippen LogP contribution in [-0.4, -0.2) is 60.7 Å². The number of piperidine rings is 1. The number of likely N-dealkylation sites (tertiary alicyclic amines) is 1. The number of carbonyl (C=O) groups excluding carboxylic acids is 1. The van der Waals surface area contributed by atoms with Crippen molar-refractivity contribution in [1.82, 2.24) is 20.5 Å². The Bertz CT molecular complexity index is 1330. The number of hydrogen-bond donors (Lipinski definition) is 2. The number of ether oxygens (including phenoxy) is 1. The number of rotatable bonds is 6. The van der Waals surface area contributed by atoms with Gasteiger partial charge in [0, 0.05) is 54.7 Å². The second-order valence-corrected chi connectivity index (χ2v) is 13.0. The average Bonchev–Trinajstić information content (AvgIpc) is 2.92. The molecule has 0 atom stereocenters. The molecule has 1 amide bonds. The molecule has 3 fully saturated rings. The van der Waals surface area contributed by atoms with Gasteiger partial charge >= 0.3 is 0 Å². The fourth-order valence-electron chi connectivity index (χ4n) is 6.69. The standard InChI is InChI=1S/C32H38ClN5O2/c1-31(2)29(32(3,4)30(31)40-26-10-7-23(16-34)27(33)15-26)37-28(39)24-6-9-25(36-19-24)8-5-21-11-13-38(14-12-21)20-22-17-35-18-22/h6-7,9-10,15,19,21-22,29-30,35H,11-14,17-18,20H2,1-4H3,(H,37,39)/t29-,30-. The van der Waals surface area contributed by atoms with E-state index in [1.165, 1.54) is 6.54 Å². The molecule has 40 heavy (non-hydrogen) atoms. The molecule has 2 aromatic rings. The average molecular weight is 560 g/mol. The van der Waals surface area contributed by atoms with Crippen LogP contribution in [0.25, 0.3) is 0 Å². The molecule has 2 saturated heterocycles. The minimum atomic E-state index is -0.331. The topological polar surface area (TPSA) is 90.3 Å². The molecule has 5 rings (SSSR count). The fourth-order valence-corrected chi connectivity index (χ4v) is 6.90. The van der Waals surface area contributed by atoms with Crippen LogP contribution in [0.4, 0.5) is 0 Å². The van der Waals surface area contributed by atoms with Crippen LogP contribution in [0.5, 0.6) is 5.75 Å². The summed E-state index contributed by atoms with van der Waals surface area (Å²) in [4.78, 5) is 20.2. The number of pyridine rings is 1. The molecular formula is C32H38ClN5O2. The van der Waals surface area contributed by atoms with E-state index in [0.717, 1.165) is 44.9 Å². The van der Waals surface area contributed by atoms with E-state index in [1.807, 2.05) is 6.07 Å². The van der Waals surface area contributed by atoms with Crippen LogP contribution in [0.15, 0.2) is 36.5 Å². The molecule has 3 heterocycles. The van der Waals surface area contributed by atoms with Gasteiger partial charge in [-0.05, 0) is 62.0 Å². The van der Waals surface area contributed by atoms with Crippen molar-refractivity contribution >= 4 is 17.5 Å². The van der Waals surface area contributed by atoms with E-state index < -0.39 is 0 Å². The second-order valence-electron chi connectivity index (χ2n) is 12.6. The lowest BCUT2D eigenvalue weighted by Gasteiger charge is -2.63. The molecular weight excluding hydrogens is 522 g/mol. The van der Waals surface area contributed by atoms with Gasteiger partial charge in [-0.1, -0.05) is 45.2 Å². The maximum atomic E-state index is 13.2. The Morgan fingerprint density at radius 2 is 1.90 bits per heavy atom. The van der Waals surface area contributed by atoms with Gasteiger partial charge in [0.25, 0.3) is 5.91 Å². The Morgan fingerprint density at radius 3 is 2.48 bits per heavy atom. The third-order valence-corrected chi connectivity index (χ3v) is 9.14. The molecule has 0 bridgehead atoms. The summed E-state index contributed by atoms with van der Waals surface area (Å²) in [5, 5.41) is 16.1. The highest BCUT2D eigenvalue weighted by Gasteiger charge is 2.64. The fraction of sp³-hybridized carbons (Fsp3) is 0.531. The van der Waals surface area contributed by atoms with Gasteiger partial charge in [-0.15, -0.1) is 0 Å². The molecule has 8 heteroatoms. The van der Waals surface area contributed by atoms with Crippen LogP contribution in [-0.2, 0) is 0 Å². The van der Waals surface area contributed by atoms with E-state index in [2.05, 4.69) is 66.1 Å². The lowest BCUT2D eigenvalue weighted by Crippen LogP contribution is -2.74. The first kappa shape index (κ1) is 28.4. The number of nitrogens with zero attached hydrogens (tertiary/aromatic N) is 3. The molecule has 0 spiro atoms. The van der Waals surface area contributed by atoms with Gasteiger partial charge in [-0.2, -0.15) is 5.26 Å². The van der Waals surface area contributed by atoms with Crippen molar-refractivity contribution in [3.63, 3.8) is 0 Å². The van der Waals surface area contributed by atoms with Gasteiger partial charge in [0.05, 0.1) is 16.1 Å². The molecule has 3 aliphatic rings. The number of nitriles is 1. The predicted molar refractivity (Wildman–Crippen MR) is 156 cm³/mol. The van der Waals surface area contributed by atoms with E-state index in [4.69, 9.17) is 21.6 Å². The van der Waals surface area contributed by atoms with Crippen molar-refractivity contribution in [2.45, 2.75) is 52.7 Å². The third kappa shape index (κ3) is 5.84. The summed E-state index contributed by atoms with van der Waals surface area (Å²) in [5.74, 6) is 8.29. The molecule has 1 aromatic carbocycles. The highest BCUT2D eigenvalue weighted by atomic mass is 35.5. The first-order valence-electron chi connectivity index (χ1n) is 14.2. The third-order valence-electron chi connectivity index (χ3n) is 8.83. The number of benzene rings is 1. The first-order chi connectivity index (χ1) is 19.1. The molecule has 1 aromatic heterocycles. The van der Waals surface area contributed by atoms with Gasteiger partial charge in [0.1, 0.15) is 23.6 Å². The van der Waals surface area contributed by atoms with Crippen LogP contribution >= 0.6 is 11.6 Å². The molecule has 7 nitrogen and oxygen atoms in total. The second kappa shape index (κ2) is 11.4. The quantitative estimate of drug-likeness (QED) is 0.506. The van der Waals surface area contributed by atoms with Crippen LogP contribution in [0.1, 0.15) is 62.2 Å². The molecule has 1 saturated carbocycles. The van der Waals surface area contributed by atoms with Crippen molar-refractivity contribution in [2.75, 3.05) is 32.7 Å². The van der Waals surface area contributed by atoms with E-state index in [1.54, 1.807) is 30.5 Å². The smallest absolute Gasteiger partial charge is 0.253 e. The molecule has 0 radical (unpaired) electrons. The number of nitrogens with one attached hydrogen (secondary N) is 2. The zero-order chi connectivity index (χ0) is 28.5. The Labute approximate surface area is 242 Å². The minimum absolute atomic E-state index is 0.114. The zero-order valence-corrected chi connectivity index (χ0v) is 24.5. The van der Waals surface area contributed by atoms with Gasteiger partial charge < -0.3 is 20.3 Å². The van der Waals surface area contributed by atoms with E-state index >= 15 is 0 Å². The molecule has 210 valence electrons. The highest BCUT2D eigenvalue weighted by molar-refractivity contribution is 6.31. The number of amides is 1. The highest BCUT2D eigenvalue weighted by Crippen LogP contribution is 2.55. The zero-order valence-electron chi connectivity index (χ0n) is 23.8. The van der Waals surface area contributed by atoms with Crippen molar-refractivity contribution in [1.29, 1.82) is 5.26 Å². The largest absolute Gasteiger partial charge is 0.489 e. The SMILES string of the molecule is CC1(C)[C@H](NC(=O)c2ccc(C#CC3CCN(CC4CNC4)CC3)nc2)C(C)(C)[C@H]1Oc1ccc(C#N)c(Cl)c1. The molecule has 2 aliphatic heterocycles. The number of aromatic nitrogens is 1. The van der Waals surface area contributed by atoms with Crippen molar-refractivity contribution in [2.24, 2.45) is 22.7 Å². The summed E-state index contributed by atoms with van der Waals surface area (Å²) in [6.45, 7) is 14.1. The van der Waals surface area contributed by atoms with Crippen molar-refractivity contribution in [3.05, 3.63) is 58.4 Å². The number of halogens is 1. The van der Waals surface area contributed by atoms with Gasteiger partial charge in [-0.3, -0.25) is 4.79 Å². The Balaban J connectivity index is 1.15. The minimum Gasteiger partial charge on any atom is -0.489 e. The number of carbonyl (C=O) groups is 1. The maximum Gasteiger partial charge on any atom is 0.253 e. The van der Waals surface area contributed by atoms with E-state index in [9.17, 15) is 4.79 Å². The van der Waals surface area contributed by atoms with Crippen LogP contribution in [0, 0.1) is 45.8 Å². The molecule has 1 aliphatic carbocycles. The molecule has 0 unspecified atom stereocenters. The van der Waals surface area contributed by atoms with Crippen molar-refractivity contribution in [3.8, 4) is 23.7 Å². The summed E-state index contributed by atoms with van der Waals surface area (Å²) < 4.78 is 6.32. The summed E-state index contributed by atoms with van der Waals surface area (Å²) in [7, 11) is 0. The monoisotopic (exact) mass is 559 g/mol. The summed E-state index contributed by atoms with van der Waals surface area (Å²) >= 11 is 6.20. The van der Waals surface area contributed by atoms with Gasteiger partial charge in [-0.25, -0.2) is 4.98 Å². The number of hydrogen-bond acceptors (Lipinski definition) is 6. The summed E-state index contributed by atoms with van der Waals surface area (Å²) in [6, 6.07) is 10.7. The van der Waals surface area contributed by atoms with Crippen molar-refractivity contribution < 1.29 is 9.53 Å². The Morgan fingerprint density at radius 1 is 1.18 bits per heavy atom. The molecule has 2 N–H and O–H groups in total. The van der Waals surface area contributed by atoms with Gasteiger partial charge in [0.2, 0.25) is 0 Å². The van der Waals surface area contributed by atoms with Crippen LogP contribution in [0.3, 0.4) is 0 Å². The lowest BCUT2D eigenvalue weighted by atomic mass is 9.49.